The third-order valence-corrected chi connectivity index (χ3v) is 7.20. The maximum Gasteiger partial charge on any atom is 0.219 e. The highest BCUT2D eigenvalue weighted by atomic mass is 32.2. The number of anilines is 2. The molecular formula is C22H25N7O3S2. The molecule has 1 fully saturated rings. The molecule has 0 spiro atoms. The van der Waals surface area contributed by atoms with Crippen molar-refractivity contribution in [3.8, 4) is 0 Å². The van der Waals surface area contributed by atoms with Crippen molar-refractivity contribution in [2.24, 2.45) is 4.99 Å². The lowest BCUT2D eigenvalue weighted by atomic mass is 10.0. The van der Waals surface area contributed by atoms with Gasteiger partial charge in [-0.1, -0.05) is 24.3 Å². The van der Waals surface area contributed by atoms with Crippen LogP contribution in [0, 0.1) is 0 Å². The number of aliphatic imine (C=N–C) groups is 1. The van der Waals surface area contributed by atoms with Crippen LogP contribution >= 0.6 is 11.3 Å². The summed E-state index contributed by atoms with van der Waals surface area (Å²) in [6, 6.07) is 9.91. The van der Waals surface area contributed by atoms with Crippen molar-refractivity contribution in [1.29, 1.82) is 0 Å². The average molecular weight is 500 g/mol. The van der Waals surface area contributed by atoms with Gasteiger partial charge in [-0.25, -0.2) is 28.1 Å². The number of hydrazine groups is 1. The second kappa shape index (κ2) is 9.39. The Balaban J connectivity index is 1.41. The van der Waals surface area contributed by atoms with Gasteiger partial charge in [-0.3, -0.25) is 10.0 Å². The number of fused-ring (bicyclic) bond motifs is 1. The Morgan fingerprint density at radius 3 is 2.85 bits per heavy atom. The lowest BCUT2D eigenvalue weighted by Crippen LogP contribution is -2.52. The van der Waals surface area contributed by atoms with Gasteiger partial charge in [-0.05, 0) is 22.6 Å². The molecule has 12 heteroatoms. The molecule has 5 rings (SSSR count). The second-order valence-electron chi connectivity index (χ2n) is 8.15. The zero-order chi connectivity index (χ0) is 23.7. The molecule has 3 N–H and O–H groups in total. The molecule has 0 bridgehead atoms. The lowest BCUT2D eigenvalue weighted by Gasteiger charge is -2.45. The molecule has 2 aliphatic rings. The van der Waals surface area contributed by atoms with E-state index >= 15 is 0 Å². The summed E-state index contributed by atoms with van der Waals surface area (Å²) >= 11 is 1.64. The first-order valence-corrected chi connectivity index (χ1v) is 13.5. The Kier molecular flexibility index (Phi) is 6.32. The maximum absolute atomic E-state index is 11.5. The van der Waals surface area contributed by atoms with Gasteiger partial charge in [0.2, 0.25) is 16.0 Å². The van der Waals surface area contributed by atoms with E-state index in [0.29, 0.717) is 19.7 Å². The minimum absolute atomic E-state index is 0.178. The standard InChI is InChI=1S/C22H25N7O3S2/c1-34(30,31)27-10-15-3-2-4-16(9-15)19-14-28(6-7-32-19)29-18-5-8-33-20(18)13-24-21(29)17-11-25-22(23)26-12-17/h2-5,8-9,11-13,19,21,27H,6-7,10,14H2,1H3,(H2,23,25,26). The van der Waals surface area contributed by atoms with Crippen LogP contribution in [-0.4, -0.2) is 55.6 Å². The minimum Gasteiger partial charge on any atom is -0.371 e. The molecule has 2 aliphatic heterocycles. The quantitative estimate of drug-likeness (QED) is 0.528. The fourth-order valence-corrected chi connectivity index (χ4v) is 5.28. The van der Waals surface area contributed by atoms with Crippen LogP contribution in [0.4, 0.5) is 11.6 Å². The predicted octanol–water partition coefficient (Wildman–Crippen LogP) is 2.10. The molecule has 2 unspecified atom stereocenters. The molecule has 3 aromatic rings. The smallest absolute Gasteiger partial charge is 0.219 e. The monoisotopic (exact) mass is 499 g/mol. The number of ether oxygens (including phenoxy) is 1. The van der Waals surface area contributed by atoms with Crippen LogP contribution in [0.15, 0.2) is 53.1 Å². The normalized spacial score (nSPS) is 20.9. The number of aromatic nitrogens is 2. The number of benzene rings is 1. The molecule has 10 nitrogen and oxygen atoms in total. The highest BCUT2D eigenvalue weighted by molar-refractivity contribution is 7.88. The first-order chi connectivity index (χ1) is 16.4. The van der Waals surface area contributed by atoms with E-state index in [-0.39, 0.29) is 24.8 Å². The molecule has 1 aromatic carbocycles. The number of hydrogen-bond acceptors (Lipinski definition) is 10. The van der Waals surface area contributed by atoms with Gasteiger partial charge in [0.15, 0.2) is 6.17 Å². The van der Waals surface area contributed by atoms with E-state index in [1.165, 1.54) is 0 Å². The summed E-state index contributed by atoms with van der Waals surface area (Å²) in [7, 11) is -3.27. The number of morpholine rings is 1. The number of hydrogen-bond donors (Lipinski definition) is 2. The van der Waals surface area contributed by atoms with Gasteiger partial charge in [0, 0.05) is 43.8 Å². The van der Waals surface area contributed by atoms with E-state index < -0.39 is 10.0 Å². The van der Waals surface area contributed by atoms with Crippen LogP contribution in [-0.2, 0) is 21.3 Å². The zero-order valence-corrected chi connectivity index (χ0v) is 20.2. The second-order valence-corrected chi connectivity index (χ2v) is 10.9. The molecule has 0 amide bonds. The van der Waals surface area contributed by atoms with Crippen LogP contribution in [0.2, 0.25) is 0 Å². The highest BCUT2D eigenvalue weighted by Crippen LogP contribution is 2.39. The largest absolute Gasteiger partial charge is 0.371 e. The molecule has 1 saturated heterocycles. The van der Waals surface area contributed by atoms with Crippen LogP contribution in [0.5, 0.6) is 0 Å². The first kappa shape index (κ1) is 22.9. The molecular weight excluding hydrogens is 474 g/mol. The number of nitrogens with one attached hydrogen (secondary N) is 1. The van der Waals surface area contributed by atoms with Crippen LogP contribution < -0.4 is 15.5 Å². The molecule has 34 heavy (non-hydrogen) atoms. The van der Waals surface area contributed by atoms with Crippen molar-refractivity contribution in [3.63, 3.8) is 0 Å². The Morgan fingerprint density at radius 2 is 2.06 bits per heavy atom. The third kappa shape index (κ3) is 4.95. The van der Waals surface area contributed by atoms with E-state index in [1.807, 2.05) is 30.5 Å². The van der Waals surface area contributed by atoms with E-state index in [0.717, 1.165) is 33.5 Å². The van der Waals surface area contributed by atoms with Gasteiger partial charge in [0.05, 0.1) is 29.5 Å². The van der Waals surface area contributed by atoms with Crippen molar-refractivity contribution in [2.45, 2.75) is 18.8 Å². The van der Waals surface area contributed by atoms with E-state index in [1.54, 1.807) is 23.7 Å². The van der Waals surface area contributed by atoms with Crippen molar-refractivity contribution >= 4 is 39.2 Å². The van der Waals surface area contributed by atoms with E-state index in [2.05, 4.69) is 36.2 Å². The topological polar surface area (TPSA) is 126 Å². The van der Waals surface area contributed by atoms with Crippen molar-refractivity contribution in [2.75, 3.05) is 36.7 Å². The molecule has 2 aromatic heterocycles. The Morgan fingerprint density at radius 1 is 1.24 bits per heavy atom. The third-order valence-electron chi connectivity index (χ3n) is 5.69. The first-order valence-electron chi connectivity index (χ1n) is 10.7. The number of sulfonamides is 1. The fraction of sp³-hybridized carbons (Fsp3) is 0.318. The summed E-state index contributed by atoms with van der Waals surface area (Å²) in [5.41, 5.74) is 9.49. The van der Waals surface area contributed by atoms with Crippen molar-refractivity contribution < 1.29 is 13.2 Å². The zero-order valence-electron chi connectivity index (χ0n) is 18.5. The maximum atomic E-state index is 11.5. The lowest BCUT2D eigenvalue weighted by molar-refractivity contribution is -0.0378. The summed E-state index contributed by atoms with van der Waals surface area (Å²) in [5.74, 6) is 0.225. The summed E-state index contributed by atoms with van der Waals surface area (Å²) in [4.78, 5) is 14.2. The SMILES string of the molecule is CS(=O)(=O)NCc1cccc(C2CN(N3c4ccsc4C=NC3c3cnc(N)nc3)CCO2)c1. The number of nitrogen functional groups attached to an aromatic ring is 1. The van der Waals surface area contributed by atoms with Crippen LogP contribution in [0.3, 0.4) is 0 Å². The van der Waals surface area contributed by atoms with Gasteiger partial charge < -0.3 is 10.5 Å². The number of rotatable bonds is 6. The molecule has 178 valence electrons. The van der Waals surface area contributed by atoms with E-state index in [4.69, 9.17) is 15.5 Å². The Hall–Kier alpha value is -2.90. The summed E-state index contributed by atoms with van der Waals surface area (Å²) in [6.07, 6.45) is 5.99. The van der Waals surface area contributed by atoms with Crippen molar-refractivity contribution in [1.82, 2.24) is 19.7 Å². The van der Waals surface area contributed by atoms with Crippen LogP contribution in [0.1, 0.15) is 33.8 Å². The van der Waals surface area contributed by atoms with Gasteiger partial charge >= 0.3 is 0 Å². The molecule has 4 heterocycles. The van der Waals surface area contributed by atoms with Gasteiger partial charge in [0.25, 0.3) is 0 Å². The molecule has 0 saturated carbocycles. The molecule has 2 atom stereocenters. The summed E-state index contributed by atoms with van der Waals surface area (Å²) in [5, 5.41) is 6.49. The van der Waals surface area contributed by atoms with Gasteiger partial charge in [-0.2, -0.15) is 0 Å². The number of nitrogens with two attached hydrogens (primary N) is 1. The highest BCUT2D eigenvalue weighted by Gasteiger charge is 2.35. The number of nitrogens with zero attached hydrogens (tertiary/aromatic N) is 5. The molecule has 0 aliphatic carbocycles. The molecule has 0 radical (unpaired) electrons. The average Bonchev–Trinajstić information content (AvgIpc) is 3.31. The van der Waals surface area contributed by atoms with Gasteiger partial charge in [-0.15, -0.1) is 11.3 Å². The fourth-order valence-electron chi connectivity index (χ4n) is 4.10. The Bertz CT molecular complexity index is 1290. The Labute approximate surface area is 202 Å². The van der Waals surface area contributed by atoms with Crippen LogP contribution in [0.25, 0.3) is 0 Å². The summed E-state index contributed by atoms with van der Waals surface area (Å²) in [6.45, 7) is 2.09. The van der Waals surface area contributed by atoms with E-state index in [9.17, 15) is 8.42 Å². The summed E-state index contributed by atoms with van der Waals surface area (Å²) < 4.78 is 31.6. The van der Waals surface area contributed by atoms with Gasteiger partial charge in [0.1, 0.15) is 0 Å². The minimum atomic E-state index is -3.27. The number of thiophene rings is 1. The predicted molar refractivity (Wildman–Crippen MR) is 132 cm³/mol. The van der Waals surface area contributed by atoms with Crippen molar-refractivity contribution in [3.05, 3.63) is 69.7 Å².